The van der Waals surface area contributed by atoms with Crippen LogP contribution in [0.15, 0.2) is 71.7 Å². The molecule has 40 heavy (non-hydrogen) atoms. The molecule has 1 aliphatic rings. The zero-order chi connectivity index (χ0) is 28.8. The van der Waals surface area contributed by atoms with Crippen molar-refractivity contribution in [3.63, 3.8) is 0 Å². The number of guanidine groups is 1. The first-order chi connectivity index (χ1) is 19.1. The molecule has 0 spiro atoms. The Kier molecular flexibility index (Phi) is 8.43. The van der Waals surface area contributed by atoms with Crippen LogP contribution in [0.25, 0.3) is 0 Å². The molecule has 3 aromatic carbocycles. The van der Waals surface area contributed by atoms with E-state index in [4.69, 9.17) is 21.3 Å². The number of carbonyl (C=O) groups is 4. The topological polar surface area (TPSA) is 194 Å². The van der Waals surface area contributed by atoms with Gasteiger partial charge in [-0.05, 0) is 84.0 Å². The Labute approximate surface area is 229 Å². The number of hydrogen-bond acceptors (Lipinski definition) is 6. The number of nitrogens with zero attached hydrogens (tertiary/aromatic N) is 1. The van der Waals surface area contributed by atoms with E-state index < -0.39 is 29.9 Å². The second kappa shape index (κ2) is 12.1. The van der Waals surface area contributed by atoms with Crippen LogP contribution in [-0.4, -0.2) is 46.0 Å². The number of aliphatic carboxylic acids is 1. The highest BCUT2D eigenvalue weighted by Gasteiger charge is 2.28. The molecule has 0 saturated carbocycles. The number of carbonyl (C=O) groups excluding carboxylic acids is 2. The van der Waals surface area contributed by atoms with Crippen molar-refractivity contribution in [1.82, 2.24) is 5.32 Å². The normalized spacial score (nSPS) is 14.4. The average Bonchev–Trinajstić information content (AvgIpc) is 3.30. The van der Waals surface area contributed by atoms with Gasteiger partial charge < -0.3 is 31.7 Å². The molecule has 1 unspecified atom stereocenters. The Morgan fingerprint density at radius 1 is 0.950 bits per heavy atom. The van der Waals surface area contributed by atoms with E-state index in [1.54, 1.807) is 36.4 Å². The lowest BCUT2D eigenvalue weighted by molar-refractivity contribution is -0.141. The molecular weight excluding hydrogens is 516 g/mol. The van der Waals surface area contributed by atoms with E-state index in [1.807, 2.05) is 6.07 Å². The van der Waals surface area contributed by atoms with Crippen molar-refractivity contribution in [1.29, 1.82) is 0 Å². The second-order valence-corrected chi connectivity index (χ2v) is 9.44. The van der Waals surface area contributed by atoms with E-state index in [0.29, 0.717) is 35.4 Å². The van der Waals surface area contributed by atoms with Crippen LogP contribution in [0.1, 0.15) is 56.2 Å². The molecule has 0 aromatic heterocycles. The first-order valence-corrected chi connectivity index (χ1v) is 12.5. The van der Waals surface area contributed by atoms with Crippen molar-refractivity contribution < 1.29 is 34.1 Å². The fourth-order valence-electron chi connectivity index (χ4n) is 4.64. The molecule has 7 N–H and O–H groups in total. The van der Waals surface area contributed by atoms with Crippen LogP contribution in [0.2, 0.25) is 0 Å². The fourth-order valence-corrected chi connectivity index (χ4v) is 4.64. The lowest BCUT2D eigenvalue weighted by Gasteiger charge is -2.17. The summed E-state index contributed by atoms with van der Waals surface area (Å²) in [4.78, 5) is 52.0. The molecule has 0 saturated heterocycles. The predicted octanol–water partition coefficient (Wildman–Crippen LogP) is 2.74. The highest BCUT2D eigenvalue weighted by atomic mass is 16.5. The van der Waals surface area contributed by atoms with Crippen LogP contribution in [0.5, 0.6) is 5.75 Å². The highest BCUT2D eigenvalue weighted by molar-refractivity contribution is 5.91. The zero-order valence-corrected chi connectivity index (χ0v) is 21.4. The van der Waals surface area contributed by atoms with Crippen LogP contribution in [0.3, 0.4) is 0 Å². The molecule has 0 heterocycles. The van der Waals surface area contributed by atoms with Gasteiger partial charge >= 0.3 is 17.9 Å². The standard InChI is InChI=1S/C29H28N4O7/c30-29(31)32-21-9-7-18(8-10-21)28(39)40-22-11-12-23-19(14-22)5-6-20(23)15-25(34)33-24(27(37)38)13-16-1-3-17(4-2-16)26(35)36/h1-4,7-12,14,20,24H,5-6,13,15H2,(H,33,34)(H,35,36)(H,37,38)(H4,30,31,32)/t20?,24-/m0/s1. The van der Waals surface area contributed by atoms with Gasteiger partial charge in [-0.25, -0.2) is 19.4 Å². The highest BCUT2D eigenvalue weighted by Crippen LogP contribution is 2.37. The second-order valence-electron chi connectivity index (χ2n) is 9.44. The maximum absolute atomic E-state index is 12.8. The van der Waals surface area contributed by atoms with Gasteiger partial charge in [-0.3, -0.25) is 4.79 Å². The largest absolute Gasteiger partial charge is 0.480 e. The third-order valence-corrected chi connectivity index (χ3v) is 6.59. The summed E-state index contributed by atoms with van der Waals surface area (Å²) in [5, 5.41) is 21.2. The molecule has 1 aliphatic carbocycles. The first-order valence-electron chi connectivity index (χ1n) is 12.5. The summed E-state index contributed by atoms with van der Waals surface area (Å²) >= 11 is 0. The van der Waals surface area contributed by atoms with E-state index >= 15 is 0 Å². The molecule has 1 amide bonds. The number of carboxylic acid groups (broad SMARTS) is 2. The van der Waals surface area contributed by atoms with E-state index in [9.17, 15) is 24.3 Å². The van der Waals surface area contributed by atoms with Crippen molar-refractivity contribution >= 4 is 35.5 Å². The van der Waals surface area contributed by atoms with Crippen molar-refractivity contribution in [2.45, 2.75) is 37.6 Å². The van der Waals surface area contributed by atoms with E-state index in [0.717, 1.165) is 11.1 Å². The monoisotopic (exact) mass is 544 g/mol. The Morgan fingerprint density at radius 3 is 2.25 bits per heavy atom. The minimum atomic E-state index is -1.18. The number of esters is 1. The van der Waals surface area contributed by atoms with Gasteiger partial charge in [0, 0.05) is 12.8 Å². The Morgan fingerprint density at radius 2 is 1.62 bits per heavy atom. The molecular formula is C29H28N4O7. The third-order valence-electron chi connectivity index (χ3n) is 6.59. The fraction of sp³-hybridized carbons (Fsp3) is 0.207. The van der Waals surface area contributed by atoms with Crippen molar-refractivity contribution in [3.05, 3.63) is 94.5 Å². The molecule has 206 valence electrons. The number of aromatic carboxylic acids is 1. The molecule has 11 nitrogen and oxygen atoms in total. The smallest absolute Gasteiger partial charge is 0.343 e. The lowest BCUT2D eigenvalue weighted by atomic mass is 9.97. The number of aliphatic imine (C=N–C) groups is 1. The summed E-state index contributed by atoms with van der Waals surface area (Å²) < 4.78 is 5.52. The van der Waals surface area contributed by atoms with Crippen LogP contribution in [-0.2, 0) is 22.4 Å². The zero-order valence-electron chi connectivity index (χ0n) is 21.4. The van der Waals surface area contributed by atoms with Gasteiger partial charge in [0.25, 0.3) is 0 Å². The van der Waals surface area contributed by atoms with Gasteiger partial charge in [-0.15, -0.1) is 0 Å². The maximum atomic E-state index is 12.8. The van der Waals surface area contributed by atoms with Crippen LogP contribution in [0.4, 0.5) is 5.69 Å². The summed E-state index contributed by atoms with van der Waals surface area (Å²) in [6.45, 7) is 0. The van der Waals surface area contributed by atoms with Gasteiger partial charge in [0.2, 0.25) is 5.91 Å². The van der Waals surface area contributed by atoms with E-state index in [2.05, 4.69) is 10.3 Å². The van der Waals surface area contributed by atoms with E-state index in [1.165, 1.54) is 24.3 Å². The Hall–Kier alpha value is -5.19. The average molecular weight is 545 g/mol. The number of hydrogen-bond donors (Lipinski definition) is 5. The Bertz CT molecular complexity index is 1460. The number of amides is 1. The molecule has 3 aromatic rings. The van der Waals surface area contributed by atoms with Gasteiger partial charge in [-0.1, -0.05) is 18.2 Å². The summed E-state index contributed by atoms with van der Waals surface area (Å²) in [5.41, 5.74) is 14.1. The minimum Gasteiger partial charge on any atom is -0.480 e. The van der Waals surface area contributed by atoms with Gasteiger partial charge in [-0.2, -0.15) is 0 Å². The van der Waals surface area contributed by atoms with Crippen LogP contribution < -0.4 is 21.5 Å². The summed E-state index contributed by atoms with van der Waals surface area (Å²) in [6.07, 6.45) is 1.51. The molecule has 0 radical (unpaired) electrons. The number of ether oxygens (including phenoxy) is 1. The molecule has 0 fully saturated rings. The van der Waals surface area contributed by atoms with Crippen molar-refractivity contribution in [2.75, 3.05) is 0 Å². The summed E-state index contributed by atoms with van der Waals surface area (Å²) in [6, 6.07) is 16.3. The summed E-state index contributed by atoms with van der Waals surface area (Å²) in [7, 11) is 0. The van der Waals surface area contributed by atoms with Crippen LogP contribution >= 0.6 is 0 Å². The van der Waals surface area contributed by atoms with Crippen molar-refractivity contribution in [3.8, 4) is 5.75 Å². The molecule has 11 heteroatoms. The van der Waals surface area contributed by atoms with E-state index in [-0.39, 0.29) is 30.3 Å². The SMILES string of the molecule is NC(N)=Nc1ccc(C(=O)Oc2ccc3c(c2)CCC3CC(=O)N[C@@H](Cc2ccc(C(=O)O)cc2)C(=O)O)cc1. The third kappa shape index (κ3) is 7.01. The quantitative estimate of drug-likeness (QED) is 0.110. The van der Waals surface area contributed by atoms with Gasteiger partial charge in [0.05, 0.1) is 16.8 Å². The molecule has 2 atom stereocenters. The number of fused-ring (bicyclic) bond motifs is 1. The predicted molar refractivity (Wildman–Crippen MR) is 146 cm³/mol. The lowest BCUT2D eigenvalue weighted by Crippen LogP contribution is -2.42. The first kappa shape index (κ1) is 27.8. The summed E-state index contributed by atoms with van der Waals surface area (Å²) in [5.74, 6) is -3.01. The van der Waals surface area contributed by atoms with Crippen molar-refractivity contribution in [2.24, 2.45) is 16.5 Å². The number of nitrogens with one attached hydrogen (secondary N) is 1. The molecule has 0 aliphatic heterocycles. The number of carboxylic acids is 2. The van der Waals surface area contributed by atoms with Crippen LogP contribution in [0, 0.1) is 0 Å². The van der Waals surface area contributed by atoms with Gasteiger partial charge in [0.1, 0.15) is 11.8 Å². The molecule has 4 rings (SSSR count). The minimum absolute atomic E-state index is 0.0218. The van der Waals surface area contributed by atoms with Gasteiger partial charge in [0.15, 0.2) is 5.96 Å². The Balaban J connectivity index is 1.35. The number of aryl methyl sites for hydroxylation is 1. The number of rotatable bonds is 10. The number of benzene rings is 3. The molecule has 0 bridgehead atoms. The number of nitrogens with two attached hydrogens (primary N) is 2. The maximum Gasteiger partial charge on any atom is 0.343 e.